The molecule has 118 valence electrons. The van der Waals surface area contributed by atoms with Gasteiger partial charge in [-0.2, -0.15) is 0 Å². The maximum Gasteiger partial charge on any atom is 0.264 e. The Kier molecular flexibility index (Phi) is 5.01. The van der Waals surface area contributed by atoms with E-state index in [4.69, 9.17) is 4.52 Å². The van der Waals surface area contributed by atoms with Crippen LogP contribution in [-0.2, 0) is 9.09 Å². The first-order valence-electron chi connectivity index (χ1n) is 6.76. The van der Waals surface area contributed by atoms with Gasteiger partial charge < -0.3 is 14.5 Å². The molecule has 0 saturated heterocycles. The quantitative estimate of drug-likeness (QED) is 0.859. The molecule has 0 aliphatic heterocycles. The lowest BCUT2D eigenvalue weighted by Crippen LogP contribution is -2.15. The number of hydrogen-bond acceptors (Lipinski definition) is 4. The number of anilines is 1. The van der Waals surface area contributed by atoms with E-state index in [0.717, 1.165) is 5.69 Å². The molecule has 4 nitrogen and oxygen atoms in total. The van der Waals surface area contributed by atoms with Gasteiger partial charge in [0.1, 0.15) is 5.82 Å². The first kappa shape index (κ1) is 16.7. The van der Waals surface area contributed by atoms with Crippen LogP contribution in [0.2, 0.25) is 0 Å². The summed E-state index contributed by atoms with van der Waals surface area (Å²) in [5.41, 5.74) is 0.885. The molecule has 1 N–H and O–H groups in total. The third kappa shape index (κ3) is 3.07. The third-order valence-corrected chi connectivity index (χ3v) is 5.99. The maximum atomic E-state index is 13.8. The minimum atomic E-state index is -3.65. The summed E-state index contributed by atoms with van der Waals surface area (Å²) in [4.78, 5) is 1.90. The Labute approximate surface area is 129 Å². The zero-order valence-corrected chi connectivity index (χ0v) is 13.6. The van der Waals surface area contributed by atoms with Crippen LogP contribution in [0.3, 0.4) is 0 Å². The van der Waals surface area contributed by atoms with Gasteiger partial charge in [0.2, 0.25) is 0 Å². The average molecular weight is 323 g/mol. The minimum Gasteiger partial charge on any atom is -0.378 e. The lowest BCUT2D eigenvalue weighted by atomic mass is 10.2. The second-order valence-electron chi connectivity index (χ2n) is 5.09. The van der Waals surface area contributed by atoms with Crippen LogP contribution in [0, 0.1) is 5.82 Å². The van der Waals surface area contributed by atoms with Gasteiger partial charge in [-0.25, -0.2) is 4.39 Å². The highest BCUT2D eigenvalue weighted by Crippen LogP contribution is 2.57. The standard InChI is InChI=1S/C16H19FNO3P/c1-18(2)12-8-10-13(11-9-12)22(20,21-3)16(19)14-6-4-5-7-15(14)17/h4-11,16,19H,1-3H3. The summed E-state index contributed by atoms with van der Waals surface area (Å²) in [5, 5.41) is 10.8. The van der Waals surface area contributed by atoms with Crippen molar-refractivity contribution in [3.05, 3.63) is 59.9 Å². The van der Waals surface area contributed by atoms with Gasteiger partial charge >= 0.3 is 0 Å². The van der Waals surface area contributed by atoms with Gasteiger partial charge in [0, 0.05) is 37.8 Å². The van der Waals surface area contributed by atoms with E-state index in [1.54, 1.807) is 30.3 Å². The second kappa shape index (κ2) is 6.61. The molecule has 0 heterocycles. The molecule has 2 atom stereocenters. The summed E-state index contributed by atoms with van der Waals surface area (Å²) in [5.74, 6) is -2.17. The Balaban J connectivity index is 2.44. The van der Waals surface area contributed by atoms with Gasteiger partial charge in [-0.15, -0.1) is 0 Å². The Morgan fingerprint density at radius 3 is 2.23 bits per heavy atom. The fourth-order valence-corrected chi connectivity index (χ4v) is 4.01. The molecule has 0 aliphatic carbocycles. The summed E-state index contributed by atoms with van der Waals surface area (Å²) >= 11 is 0. The third-order valence-electron chi connectivity index (χ3n) is 3.50. The zero-order valence-electron chi connectivity index (χ0n) is 12.7. The predicted octanol–water partition coefficient (Wildman–Crippen LogP) is 3.13. The molecule has 0 aromatic heterocycles. The monoisotopic (exact) mass is 323 g/mol. The molecule has 0 aliphatic rings. The van der Waals surface area contributed by atoms with Gasteiger partial charge in [0.25, 0.3) is 7.37 Å². The normalized spacial score (nSPS) is 15.1. The number of halogens is 1. The molecule has 2 aromatic rings. The van der Waals surface area contributed by atoms with Crippen LogP contribution >= 0.6 is 7.37 Å². The van der Waals surface area contributed by atoms with E-state index in [9.17, 15) is 14.1 Å². The van der Waals surface area contributed by atoms with Crippen molar-refractivity contribution in [3.8, 4) is 0 Å². The molecular weight excluding hydrogens is 304 g/mol. The van der Waals surface area contributed by atoms with E-state index in [2.05, 4.69) is 0 Å². The van der Waals surface area contributed by atoms with E-state index >= 15 is 0 Å². The van der Waals surface area contributed by atoms with Crippen molar-refractivity contribution < 1.29 is 18.6 Å². The zero-order chi connectivity index (χ0) is 16.3. The highest BCUT2D eigenvalue weighted by molar-refractivity contribution is 7.67. The first-order valence-corrected chi connectivity index (χ1v) is 8.45. The largest absolute Gasteiger partial charge is 0.378 e. The molecule has 0 saturated carbocycles. The van der Waals surface area contributed by atoms with Gasteiger partial charge in [0.15, 0.2) is 5.85 Å². The van der Waals surface area contributed by atoms with Crippen LogP contribution in [0.15, 0.2) is 48.5 Å². The van der Waals surface area contributed by atoms with Crippen LogP contribution in [0.4, 0.5) is 10.1 Å². The summed E-state index contributed by atoms with van der Waals surface area (Å²) in [6.45, 7) is 0. The number of hydrogen-bond donors (Lipinski definition) is 1. The van der Waals surface area contributed by atoms with Crippen molar-refractivity contribution >= 4 is 18.4 Å². The van der Waals surface area contributed by atoms with Crippen LogP contribution in [0.5, 0.6) is 0 Å². The lowest BCUT2D eigenvalue weighted by Gasteiger charge is -2.23. The Bertz CT molecular complexity index is 688. The Morgan fingerprint density at radius 1 is 1.14 bits per heavy atom. The molecule has 0 amide bonds. The fourth-order valence-electron chi connectivity index (χ4n) is 2.17. The van der Waals surface area contributed by atoms with E-state index < -0.39 is 19.0 Å². The molecule has 0 bridgehead atoms. The molecule has 0 radical (unpaired) electrons. The Hall–Kier alpha value is -1.68. The molecule has 2 unspecified atom stereocenters. The van der Waals surface area contributed by atoms with E-state index in [1.807, 2.05) is 19.0 Å². The van der Waals surface area contributed by atoms with Gasteiger partial charge in [0.05, 0.1) is 0 Å². The van der Waals surface area contributed by atoms with Crippen LogP contribution in [0.25, 0.3) is 0 Å². The summed E-state index contributed by atoms with van der Waals surface area (Å²) < 4.78 is 32.0. The average Bonchev–Trinajstić information content (AvgIpc) is 2.54. The van der Waals surface area contributed by atoms with Crippen LogP contribution in [0.1, 0.15) is 11.4 Å². The maximum absolute atomic E-state index is 13.8. The number of rotatable bonds is 5. The van der Waals surface area contributed by atoms with Gasteiger partial charge in [-0.05, 0) is 30.3 Å². The van der Waals surface area contributed by atoms with Crippen molar-refractivity contribution in [3.63, 3.8) is 0 Å². The minimum absolute atomic E-state index is 0.0376. The number of aliphatic hydroxyl groups is 1. The lowest BCUT2D eigenvalue weighted by molar-refractivity contribution is 0.224. The molecule has 6 heteroatoms. The van der Waals surface area contributed by atoms with Crippen molar-refractivity contribution in [2.75, 3.05) is 26.1 Å². The predicted molar refractivity (Wildman–Crippen MR) is 86.4 cm³/mol. The highest BCUT2D eigenvalue weighted by Gasteiger charge is 2.36. The number of aliphatic hydroxyl groups excluding tert-OH is 1. The second-order valence-corrected chi connectivity index (χ2v) is 7.65. The molecule has 0 fully saturated rings. The summed E-state index contributed by atoms with van der Waals surface area (Å²) in [7, 11) is 1.39. The van der Waals surface area contributed by atoms with Crippen molar-refractivity contribution in [1.82, 2.24) is 0 Å². The van der Waals surface area contributed by atoms with E-state index in [0.29, 0.717) is 5.30 Å². The molecule has 22 heavy (non-hydrogen) atoms. The molecule has 2 aromatic carbocycles. The summed E-state index contributed by atoms with van der Waals surface area (Å²) in [6.07, 6.45) is 0. The Morgan fingerprint density at radius 2 is 1.73 bits per heavy atom. The van der Waals surface area contributed by atoms with E-state index in [-0.39, 0.29) is 5.56 Å². The smallest absolute Gasteiger partial charge is 0.264 e. The van der Waals surface area contributed by atoms with Crippen molar-refractivity contribution in [2.24, 2.45) is 0 Å². The molecule has 0 spiro atoms. The van der Waals surface area contributed by atoms with Gasteiger partial charge in [-0.1, -0.05) is 18.2 Å². The first-order chi connectivity index (χ1) is 10.4. The van der Waals surface area contributed by atoms with Crippen molar-refractivity contribution in [2.45, 2.75) is 5.85 Å². The molecule has 2 rings (SSSR count). The van der Waals surface area contributed by atoms with Crippen LogP contribution < -0.4 is 10.2 Å². The van der Waals surface area contributed by atoms with E-state index in [1.165, 1.54) is 25.3 Å². The van der Waals surface area contributed by atoms with Crippen LogP contribution in [-0.4, -0.2) is 26.3 Å². The fraction of sp³-hybridized carbons (Fsp3) is 0.250. The van der Waals surface area contributed by atoms with Gasteiger partial charge in [-0.3, -0.25) is 4.57 Å². The SMILES string of the molecule is COP(=O)(c1ccc(N(C)C)cc1)C(O)c1ccccc1F. The highest BCUT2D eigenvalue weighted by atomic mass is 31.2. The number of benzene rings is 2. The summed E-state index contributed by atoms with van der Waals surface area (Å²) in [6, 6.07) is 12.5. The molecular formula is C16H19FNO3P. The van der Waals surface area contributed by atoms with Crippen molar-refractivity contribution in [1.29, 1.82) is 0 Å². The topological polar surface area (TPSA) is 49.8 Å². The number of nitrogens with zero attached hydrogens (tertiary/aromatic N) is 1.